The number of hydrogen-bond donors (Lipinski definition) is 1. The van der Waals surface area contributed by atoms with Crippen LogP contribution in [0, 0.1) is 28.5 Å². The predicted octanol–water partition coefficient (Wildman–Crippen LogP) is 0.864. The Balaban J connectivity index is 2.41. The first kappa shape index (κ1) is 15.7. The SMILES string of the molecule is Cn1c2c(c(=O)n(C)c1=O)C(c1cccc(F)c1)C(C#N)C(=N)O2. The van der Waals surface area contributed by atoms with E-state index in [1.54, 1.807) is 6.07 Å². The number of halogens is 1. The van der Waals surface area contributed by atoms with Crippen LogP contribution in [-0.4, -0.2) is 15.0 Å². The maximum atomic E-state index is 13.6. The summed E-state index contributed by atoms with van der Waals surface area (Å²) in [5, 5.41) is 17.4. The molecule has 1 N–H and O–H groups in total. The van der Waals surface area contributed by atoms with Gasteiger partial charge in [-0.05, 0) is 17.7 Å². The first-order chi connectivity index (χ1) is 11.4. The Labute approximate surface area is 135 Å². The highest BCUT2D eigenvalue weighted by Gasteiger charge is 2.41. The van der Waals surface area contributed by atoms with Gasteiger partial charge in [0.25, 0.3) is 5.56 Å². The van der Waals surface area contributed by atoms with Crippen LogP contribution in [0.4, 0.5) is 4.39 Å². The van der Waals surface area contributed by atoms with Crippen molar-refractivity contribution in [1.29, 1.82) is 10.7 Å². The lowest BCUT2D eigenvalue weighted by Crippen LogP contribution is -2.45. The number of rotatable bonds is 1. The molecule has 1 aliphatic rings. The number of benzene rings is 1. The number of nitrogens with one attached hydrogen (secondary N) is 1. The highest BCUT2D eigenvalue weighted by molar-refractivity contribution is 5.84. The monoisotopic (exact) mass is 328 g/mol. The molecule has 0 fully saturated rings. The number of aromatic nitrogens is 2. The Bertz CT molecular complexity index is 1020. The zero-order chi connectivity index (χ0) is 17.6. The standard InChI is InChI=1S/C16H13FN4O3/c1-20-14(22)12-11(8-4-3-5-9(17)6-8)10(7-18)13(19)24-15(12)21(2)16(20)23/h3-6,10-11,19H,1-2H3. The topological polar surface area (TPSA) is 101 Å². The van der Waals surface area contributed by atoms with Crippen LogP contribution in [0.15, 0.2) is 33.9 Å². The van der Waals surface area contributed by atoms with E-state index in [0.717, 1.165) is 9.13 Å². The van der Waals surface area contributed by atoms with Crippen molar-refractivity contribution in [3.63, 3.8) is 0 Å². The van der Waals surface area contributed by atoms with Gasteiger partial charge in [0.2, 0.25) is 11.8 Å². The minimum atomic E-state index is -1.09. The highest BCUT2D eigenvalue weighted by Crippen LogP contribution is 2.39. The fourth-order valence-electron chi connectivity index (χ4n) is 2.92. The van der Waals surface area contributed by atoms with E-state index in [1.807, 2.05) is 6.07 Å². The van der Waals surface area contributed by atoms with Crippen LogP contribution < -0.4 is 16.0 Å². The average Bonchev–Trinajstić information content (AvgIpc) is 2.57. The first-order valence-corrected chi connectivity index (χ1v) is 7.08. The van der Waals surface area contributed by atoms with E-state index in [9.17, 15) is 19.2 Å². The summed E-state index contributed by atoms with van der Waals surface area (Å²) >= 11 is 0. The maximum Gasteiger partial charge on any atom is 0.333 e. The summed E-state index contributed by atoms with van der Waals surface area (Å²) < 4.78 is 20.9. The van der Waals surface area contributed by atoms with E-state index in [-0.39, 0.29) is 17.3 Å². The largest absolute Gasteiger partial charge is 0.425 e. The lowest BCUT2D eigenvalue weighted by molar-refractivity contribution is 0.395. The van der Waals surface area contributed by atoms with Gasteiger partial charge in [0.1, 0.15) is 11.7 Å². The zero-order valence-corrected chi connectivity index (χ0v) is 12.9. The van der Waals surface area contributed by atoms with Crippen molar-refractivity contribution in [2.24, 2.45) is 20.0 Å². The normalized spacial score (nSPS) is 19.3. The number of fused-ring (bicyclic) bond motifs is 1. The lowest BCUT2D eigenvalue weighted by Gasteiger charge is -2.30. The summed E-state index contributed by atoms with van der Waals surface area (Å²) in [5.74, 6) is -2.99. The smallest absolute Gasteiger partial charge is 0.333 e. The minimum absolute atomic E-state index is 0.0627. The van der Waals surface area contributed by atoms with Crippen LogP contribution >= 0.6 is 0 Å². The molecular weight excluding hydrogens is 315 g/mol. The van der Waals surface area contributed by atoms with Crippen molar-refractivity contribution in [3.8, 4) is 11.9 Å². The molecule has 122 valence electrons. The van der Waals surface area contributed by atoms with Crippen LogP contribution in [0.25, 0.3) is 0 Å². The van der Waals surface area contributed by atoms with E-state index >= 15 is 0 Å². The third kappa shape index (κ3) is 2.13. The minimum Gasteiger partial charge on any atom is -0.425 e. The van der Waals surface area contributed by atoms with Crippen molar-refractivity contribution in [2.45, 2.75) is 5.92 Å². The molecule has 2 atom stereocenters. The molecule has 1 aromatic carbocycles. The van der Waals surface area contributed by atoms with E-state index in [2.05, 4.69) is 0 Å². The van der Waals surface area contributed by atoms with Gasteiger partial charge in [0, 0.05) is 20.0 Å². The van der Waals surface area contributed by atoms with Crippen LogP contribution in [-0.2, 0) is 14.1 Å². The van der Waals surface area contributed by atoms with Gasteiger partial charge in [-0.3, -0.25) is 19.3 Å². The Hall–Kier alpha value is -3.21. The van der Waals surface area contributed by atoms with E-state index < -0.39 is 28.9 Å². The van der Waals surface area contributed by atoms with Crippen LogP contribution in [0.2, 0.25) is 0 Å². The molecule has 0 saturated heterocycles. The molecule has 1 aromatic heterocycles. The quantitative estimate of drug-likeness (QED) is 0.839. The molecule has 24 heavy (non-hydrogen) atoms. The number of nitriles is 1. The molecule has 2 heterocycles. The van der Waals surface area contributed by atoms with Crippen molar-refractivity contribution < 1.29 is 9.13 Å². The Kier molecular flexibility index (Phi) is 3.56. The molecule has 0 bridgehead atoms. The summed E-state index contributed by atoms with van der Waals surface area (Å²) in [7, 11) is 2.72. The molecule has 3 rings (SSSR count). The number of hydrogen-bond acceptors (Lipinski definition) is 5. The van der Waals surface area contributed by atoms with Gasteiger partial charge in [-0.15, -0.1) is 0 Å². The fourth-order valence-corrected chi connectivity index (χ4v) is 2.92. The molecule has 0 saturated carbocycles. The van der Waals surface area contributed by atoms with Crippen LogP contribution in [0.5, 0.6) is 5.88 Å². The lowest BCUT2D eigenvalue weighted by atomic mass is 9.80. The van der Waals surface area contributed by atoms with E-state index in [4.69, 9.17) is 10.1 Å². The van der Waals surface area contributed by atoms with Crippen molar-refractivity contribution in [3.05, 3.63) is 62.0 Å². The molecule has 0 aliphatic carbocycles. The summed E-state index contributed by atoms with van der Waals surface area (Å²) in [5.41, 5.74) is -0.811. The predicted molar refractivity (Wildman–Crippen MR) is 82.6 cm³/mol. The molecular formula is C16H13FN4O3. The molecule has 1 aliphatic heterocycles. The van der Waals surface area contributed by atoms with Crippen LogP contribution in [0.1, 0.15) is 17.0 Å². The summed E-state index contributed by atoms with van der Waals surface area (Å²) in [6, 6.07) is 7.43. The van der Waals surface area contributed by atoms with Gasteiger partial charge >= 0.3 is 5.69 Å². The van der Waals surface area contributed by atoms with E-state index in [1.165, 1.54) is 32.3 Å². The Morgan fingerprint density at radius 1 is 1.29 bits per heavy atom. The first-order valence-electron chi connectivity index (χ1n) is 7.08. The second kappa shape index (κ2) is 5.45. The number of ether oxygens (including phenoxy) is 1. The van der Waals surface area contributed by atoms with Gasteiger partial charge in [-0.1, -0.05) is 12.1 Å². The van der Waals surface area contributed by atoms with Crippen molar-refractivity contribution >= 4 is 5.90 Å². The fraction of sp³-hybridized carbons (Fsp3) is 0.250. The zero-order valence-electron chi connectivity index (χ0n) is 12.9. The summed E-state index contributed by atoms with van der Waals surface area (Å²) in [4.78, 5) is 24.7. The second-order valence-electron chi connectivity index (χ2n) is 5.53. The average molecular weight is 328 g/mol. The third-order valence-corrected chi connectivity index (χ3v) is 4.12. The van der Waals surface area contributed by atoms with Crippen LogP contribution in [0.3, 0.4) is 0 Å². The molecule has 2 unspecified atom stereocenters. The third-order valence-electron chi connectivity index (χ3n) is 4.12. The van der Waals surface area contributed by atoms with E-state index in [0.29, 0.717) is 5.56 Å². The maximum absolute atomic E-state index is 13.6. The molecule has 0 radical (unpaired) electrons. The summed E-state index contributed by atoms with van der Waals surface area (Å²) in [6.45, 7) is 0. The highest BCUT2D eigenvalue weighted by atomic mass is 19.1. The number of nitrogens with zero attached hydrogens (tertiary/aromatic N) is 3. The van der Waals surface area contributed by atoms with Gasteiger partial charge in [0.05, 0.1) is 11.6 Å². The second-order valence-corrected chi connectivity index (χ2v) is 5.53. The molecule has 0 amide bonds. The summed E-state index contributed by atoms with van der Waals surface area (Å²) in [6.07, 6.45) is 0. The van der Waals surface area contributed by atoms with Gasteiger partial charge < -0.3 is 4.74 Å². The Morgan fingerprint density at radius 2 is 2.00 bits per heavy atom. The Morgan fingerprint density at radius 3 is 2.62 bits per heavy atom. The van der Waals surface area contributed by atoms with Crippen molar-refractivity contribution in [2.75, 3.05) is 0 Å². The molecule has 0 spiro atoms. The molecule has 2 aromatic rings. The molecule has 8 heteroatoms. The van der Waals surface area contributed by atoms with Gasteiger partial charge in [-0.25, -0.2) is 9.18 Å². The van der Waals surface area contributed by atoms with Crippen molar-refractivity contribution in [1.82, 2.24) is 9.13 Å². The van der Waals surface area contributed by atoms with Gasteiger partial charge in [0.15, 0.2) is 0 Å². The molecule has 7 nitrogen and oxygen atoms in total. The van der Waals surface area contributed by atoms with Gasteiger partial charge in [-0.2, -0.15) is 5.26 Å².